The largest absolute Gasteiger partial charge is 0.292 e. The van der Waals surface area contributed by atoms with Crippen LogP contribution in [-0.4, -0.2) is 15.6 Å². The minimum absolute atomic E-state index is 0.00515. The van der Waals surface area contributed by atoms with Crippen molar-refractivity contribution in [3.63, 3.8) is 0 Å². The van der Waals surface area contributed by atoms with Crippen LogP contribution in [0.15, 0.2) is 23.0 Å². The van der Waals surface area contributed by atoms with Gasteiger partial charge in [-0.25, -0.2) is 4.68 Å². The standard InChI is InChI=1S/C15H11Cl2N3O2/c1-8-9(2)19-20(15(22)11(8)6-18)7-14(21)10-3-4-12(16)13(17)5-10/h3-5H,7H2,1-2H3. The van der Waals surface area contributed by atoms with Gasteiger partial charge < -0.3 is 0 Å². The Balaban J connectivity index is 2.41. The van der Waals surface area contributed by atoms with E-state index < -0.39 is 5.56 Å². The van der Waals surface area contributed by atoms with Crippen LogP contribution < -0.4 is 5.56 Å². The molecule has 0 radical (unpaired) electrons. The van der Waals surface area contributed by atoms with Gasteiger partial charge in [0.15, 0.2) is 5.78 Å². The number of Topliss-reactive ketones (excluding diaryl/α,β-unsaturated/α-hetero) is 1. The predicted octanol–water partition coefficient (Wildman–Crippen LogP) is 2.92. The predicted molar refractivity (Wildman–Crippen MR) is 83.5 cm³/mol. The van der Waals surface area contributed by atoms with E-state index in [1.165, 1.54) is 18.2 Å². The maximum Gasteiger partial charge on any atom is 0.285 e. The van der Waals surface area contributed by atoms with Gasteiger partial charge in [-0.05, 0) is 37.6 Å². The molecule has 0 amide bonds. The topological polar surface area (TPSA) is 75.8 Å². The fourth-order valence-corrected chi connectivity index (χ4v) is 2.21. The number of aromatic nitrogens is 2. The van der Waals surface area contributed by atoms with Gasteiger partial charge in [-0.2, -0.15) is 10.4 Å². The van der Waals surface area contributed by atoms with Crippen LogP contribution in [0.3, 0.4) is 0 Å². The van der Waals surface area contributed by atoms with Gasteiger partial charge >= 0.3 is 0 Å². The Morgan fingerprint density at radius 2 is 2.00 bits per heavy atom. The van der Waals surface area contributed by atoms with E-state index >= 15 is 0 Å². The molecule has 2 aromatic rings. The van der Waals surface area contributed by atoms with Crippen molar-refractivity contribution < 1.29 is 4.79 Å². The molecular weight excluding hydrogens is 325 g/mol. The number of ketones is 1. The summed E-state index contributed by atoms with van der Waals surface area (Å²) in [6, 6.07) is 6.32. The van der Waals surface area contributed by atoms with Crippen molar-refractivity contribution in [3.8, 4) is 6.07 Å². The molecular formula is C15H11Cl2N3O2. The molecule has 0 aliphatic carbocycles. The molecule has 5 nitrogen and oxygen atoms in total. The third-order valence-electron chi connectivity index (χ3n) is 3.28. The zero-order valence-corrected chi connectivity index (χ0v) is 13.4. The average molecular weight is 336 g/mol. The normalized spacial score (nSPS) is 10.3. The van der Waals surface area contributed by atoms with Crippen molar-refractivity contribution >= 4 is 29.0 Å². The maximum atomic E-state index is 12.2. The lowest BCUT2D eigenvalue weighted by Crippen LogP contribution is -2.30. The van der Waals surface area contributed by atoms with Crippen LogP contribution in [0.25, 0.3) is 0 Å². The average Bonchev–Trinajstić information content (AvgIpc) is 2.48. The van der Waals surface area contributed by atoms with Gasteiger partial charge in [-0.3, -0.25) is 9.59 Å². The molecule has 112 valence electrons. The number of benzene rings is 1. The quantitative estimate of drug-likeness (QED) is 0.808. The van der Waals surface area contributed by atoms with Gasteiger partial charge in [-0.15, -0.1) is 0 Å². The fourth-order valence-electron chi connectivity index (χ4n) is 1.91. The molecule has 1 aromatic carbocycles. The monoisotopic (exact) mass is 335 g/mol. The molecule has 0 unspecified atom stereocenters. The van der Waals surface area contributed by atoms with E-state index in [1.807, 2.05) is 6.07 Å². The van der Waals surface area contributed by atoms with Gasteiger partial charge in [-0.1, -0.05) is 23.2 Å². The van der Waals surface area contributed by atoms with E-state index in [1.54, 1.807) is 13.8 Å². The summed E-state index contributed by atoms with van der Waals surface area (Å²) in [4.78, 5) is 24.4. The zero-order valence-electron chi connectivity index (χ0n) is 11.9. The first kappa shape index (κ1) is 16.2. The zero-order chi connectivity index (χ0) is 16.4. The van der Waals surface area contributed by atoms with E-state index in [2.05, 4.69) is 5.10 Å². The molecule has 7 heteroatoms. The number of carbonyl (C=O) groups is 1. The summed E-state index contributed by atoms with van der Waals surface area (Å²) in [5.74, 6) is -0.347. The van der Waals surface area contributed by atoms with Gasteiger partial charge in [0.1, 0.15) is 18.2 Å². The molecule has 0 saturated heterocycles. The van der Waals surface area contributed by atoms with E-state index in [0.717, 1.165) is 4.68 Å². The number of nitrogens with zero attached hydrogens (tertiary/aromatic N) is 3. The van der Waals surface area contributed by atoms with Gasteiger partial charge in [0, 0.05) is 5.56 Å². The molecule has 0 saturated carbocycles. The van der Waals surface area contributed by atoms with Crippen molar-refractivity contribution in [2.24, 2.45) is 0 Å². The number of nitriles is 1. The lowest BCUT2D eigenvalue weighted by Gasteiger charge is -2.08. The number of aryl methyl sites for hydroxylation is 1. The van der Waals surface area contributed by atoms with Crippen LogP contribution in [0.4, 0.5) is 0 Å². The molecule has 1 aromatic heterocycles. The van der Waals surface area contributed by atoms with Crippen LogP contribution in [0.1, 0.15) is 27.2 Å². The van der Waals surface area contributed by atoms with Gasteiger partial charge in [0.25, 0.3) is 5.56 Å². The lowest BCUT2D eigenvalue weighted by molar-refractivity contribution is 0.0965. The first-order valence-electron chi connectivity index (χ1n) is 6.31. The summed E-state index contributed by atoms with van der Waals surface area (Å²) in [6.07, 6.45) is 0. The second-order valence-corrected chi connectivity index (χ2v) is 5.53. The third-order valence-corrected chi connectivity index (χ3v) is 4.02. The minimum Gasteiger partial charge on any atom is -0.292 e. The Labute approximate surface area is 136 Å². The summed E-state index contributed by atoms with van der Waals surface area (Å²) in [7, 11) is 0. The van der Waals surface area contributed by atoms with Crippen LogP contribution in [0.2, 0.25) is 10.0 Å². The van der Waals surface area contributed by atoms with E-state index in [0.29, 0.717) is 21.8 Å². The number of hydrogen-bond acceptors (Lipinski definition) is 4. The number of hydrogen-bond donors (Lipinski definition) is 0. The summed E-state index contributed by atoms with van der Waals surface area (Å²) in [6.45, 7) is 3.05. The SMILES string of the molecule is Cc1nn(CC(=O)c2ccc(Cl)c(Cl)c2)c(=O)c(C#N)c1C. The Hall–Kier alpha value is -2.16. The second-order valence-electron chi connectivity index (χ2n) is 4.71. The third kappa shape index (κ3) is 3.03. The highest BCUT2D eigenvalue weighted by Crippen LogP contribution is 2.22. The summed E-state index contributed by atoms with van der Waals surface area (Å²) in [5, 5.41) is 13.7. The summed E-state index contributed by atoms with van der Waals surface area (Å²) < 4.78 is 0.992. The van der Waals surface area contributed by atoms with Crippen molar-refractivity contribution in [2.45, 2.75) is 20.4 Å². The first-order chi connectivity index (χ1) is 10.3. The molecule has 0 aliphatic rings. The lowest BCUT2D eigenvalue weighted by atomic mass is 10.1. The maximum absolute atomic E-state index is 12.2. The highest BCUT2D eigenvalue weighted by Gasteiger charge is 2.15. The van der Waals surface area contributed by atoms with E-state index in [9.17, 15) is 9.59 Å². The molecule has 22 heavy (non-hydrogen) atoms. The van der Waals surface area contributed by atoms with E-state index in [4.69, 9.17) is 28.5 Å². The van der Waals surface area contributed by atoms with Crippen molar-refractivity contribution in [3.05, 3.63) is 61.0 Å². The Kier molecular flexibility index (Phi) is 4.65. The van der Waals surface area contributed by atoms with Crippen molar-refractivity contribution in [1.29, 1.82) is 5.26 Å². The molecule has 2 rings (SSSR count). The Morgan fingerprint density at radius 1 is 1.32 bits per heavy atom. The van der Waals surface area contributed by atoms with Gasteiger partial charge in [0.05, 0.1) is 15.7 Å². The van der Waals surface area contributed by atoms with Crippen LogP contribution in [-0.2, 0) is 6.54 Å². The molecule has 1 heterocycles. The molecule has 0 atom stereocenters. The molecule has 0 aliphatic heterocycles. The highest BCUT2D eigenvalue weighted by molar-refractivity contribution is 6.42. The summed E-state index contributed by atoms with van der Waals surface area (Å²) in [5.41, 5.74) is 0.775. The number of rotatable bonds is 3. The smallest absolute Gasteiger partial charge is 0.285 e. The van der Waals surface area contributed by atoms with Gasteiger partial charge in [0.2, 0.25) is 0 Å². The minimum atomic E-state index is -0.584. The summed E-state index contributed by atoms with van der Waals surface area (Å²) >= 11 is 11.7. The molecule has 0 spiro atoms. The van der Waals surface area contributed by atoms with Crippen molar-refractivity contribution in [2.75, 3.05) is 0 Å². The van der Waals surface area contributed by atoms with E-state index in [-0.39, 0.29) is 22.9 Å². The number of halogens is 2. The molecule has 0 bridgehead atoms. The molecule has 0 N–H and O–H groups in total. The van der Waals surface area contributed by atoms with Crippen molar-refractivity contribution in [1.82, 2.24) is 9.78 Å². The fraction of sp³-hybridized carbons (Fsp3) is 0.200. The Morgan fingerprint density at radius 3 is 2.59 bits per heavy atom. The highest BCUT2D eigenvalue weighted by atomic mass is 35.5. The molecule has 0 fully saturated rings. The van der Waals surface area contributed by atoms with Crippen LogP contribution >= 0.6 is 23.2 Å². The van der Waals surface area contributed by atoms with Crippen LogP contribution in [0.5, 0.6) is 0 Å². The Bertz CT molecular complexity index is 866. The van der Waals surface area contributed by atoms with Crippen LogP contribution in [0, 0.1) is 25.2 Å². The first-order valence-corrected chi connectivity index (χ1v) is 7.07. The second kappa shape index (κ2) is 6.30. The number of carbonyl (C=O) groups excluding carboxylic acids is 1.